The van der Waals surface area contributed by atoms with Crippen LogP contribution in [0.1, 0.15) is 78.3 Å². The van der Waals surface area contributed by atoms with Crippen molar-refractivity contribution in [1.29, 1.82) is 0 Å². The number of anilines is 3. The van der Waals surface area contributed by atoms with Crippen LogP contribution in [0.3, 0.4) is 0 Å². The molecule has 11 rings (SSSR count). The Morgan fingerprint density at radius 2 is 1.12 bits per heavy atom. The fourth-order valence-electron chi connectivity index (χ4n) is 10.8. The van der Waals surface area contributed by atoms with Gasteiger partial charge in [-0.05, 0) is 159 Å². The van der Waals surface area contributed by atoms with Crippen molar-refractivity contribution in [1.82, 2.24) is 0 Å². The van der Waals surface area contributed by atoms with Crippen LogP contribution in [0.5, 0.6) is 0 Å². The predicted octanol–water partition coefficient (Wildman–Crippen LogP) is 16.1. The molecular formula is C59H49N. The standard InChI is InChI=1S/C59H49N/c1-5-17-44(18-6-1)54-41-55(58(46-19-7-2-8-20-46)53-26-14-13-25-50(53)54)45-32-29-42(30-33-45)27-28-43-31-35-51-52-36-34-49(40-57(52)59(56(51)39-43)37-15-16-38-59)60(47-21-9-3-10-22-47)48-23-11-4-12-24-48/h1-13,17-25,27-29,31-32,34-36,39-41H,14-16,26,30,33,37-38H2/b28-27+. The van der Waals surface area contributed by atoms with Gasteiger partial charge in [-0.25, -0.2) is 0 Å². The minimum Gasteiger partial charge on any atom is -0.310 e. The SMILES string of the molecule is C1=Cc2c(-c3ccccc3)cc(C3=CC=C(/C=C/c4ccc5c(c4)C4(CCCC4)c4cc(N(c6ccccc6)c6ccccc6)ccc4-5)CC3)c(-c3ccccc3)c2CC1. The molecule has 4 aliphatic rings. The molecule has 1 heteroatoms. The van der Waals surface area contributed by atoms with Crippen LogP contribution in [0.15, 0.2) is 194 Å². The highest BCUT2D eigenvalue weighted by molar-refractivity contribution is 5.93. The molecule has 0 atom stereocenters. The topological polar surface area (TPSA) is 3.24 Å². The van der Waals surface area contributed by atoms with Crippen LogP contribution in [0.4, 0.5) is 17.1 Å². The van der Waals surface area contributed by atoms with E-state index in [1.165, 1.54) is 121 Å². The molecule has 1 nitrogen and oxygen atoms in total. The molecule has 1 saturated carbocycles. The highest BCUT2D eigenvalue weighted by atomic mass is 15.1. The lowest BCUT2D eigenvalue weighted by Gasteiger charge is -2.30. The second-order valence-electron chi connectivity index (χ2n) is 17.0. The maximum Gasteiger partial charge on any atom is 0.0465 e. The maximum absolute atomic E-state index is 2.52. The Balaban J connectivity index is 0.927. The van der Waals surface area contributed by atoms with Gasteiger partial charge in [-0.2, -0.15) is 0 Å². The summed E-state index contributed by atoms with van der Waals surface area (Å²) < 4.78 is 0. The molecule has 4 aliphatic carbocycles. The highest BCUT2D eigenvalue weighted by Crippen LogP contribution is 2.58. The van der Waals surface area contributed by atoms with Crippen LogP contribution in [0, 0.1) is 0 Å². The molecule has 1 spiro atoms. The van der Waals surface area contributed by atoms with Crippen molar-refractivity contribution in [2.24, 2.45) is 0 Å². The fraction of sp³-hybridized carbons (Fsp3) is 0.153. The first-order valence-electron chi connectivity index (χ1n) is 22.0. The van der Waals surface area contributed by atoms with Crippen molar-refractivity contribution in [3.63, 3.8) is 0 Å². The van der Waals surface area contributed by atoms with Gasteiger partial charge in [0.15, 0.2) is 0 Å². The van der Waals surface area contributed by atoms with Gasteiger partial charge in [-0.1, -0.05) is 171 Å². The highest BCUT2D eigenvalue weighted by Gasteiger charge is 2.45. The van der Waals surface area contributed by atoms with Gasteiger partial charge in [0.2, 0.25) is 0 Å². The smallest absolute Gasteiger partial charge is 0.0465 e. The van der Waals surface area contributed by atoms with Crippen molar-refractivity contribution >= 4 is 34.8 Å². The van der Waals surface area contributed by atoms with E-state index in [0.717, 1.165) is 25.7 Å². The van der Waals surface area contributed by atoms with E-state index >= 15 is 0 Å². The quantitative estimate of drug-likeness (QED) is 0.149. The number of hydrogen-bond donors (Lipinski definition) is 0. The van der Waals surface area contributed by atoms with Gasteiger partial charge in [0.05, 0.1) is 0 Å². The van der Waals surface area contributed by atoms with Crippen molar-refractivity contribution < 1.29 is 0 Å². The molecule has 1 fully saturated rings. The second kappa shape index (κ2) is 15.5. The number of allylic oxidation sites excluding steroid dienone is 6. The van der Waals surface area contributed by atoms with E-state index in [2.05, 4.69) is 205 Å². The van der Waals surface area contributed by atoms with Gasteiger partial charge in [0.1, 0.15) is 0 Å². The number of rotatable bonds is 8. The summed E-state index contributed by atoms with van der Waals surface area (Å²) in [7, 11) is 0. The molecule has 0 aromatic heterocycles. The number of benzene rings is 7. The average molecular weight is 772 g/mol. The summed E-state index contributed by atoms with van der Waals surface area (Å²) in [4.78, 5) is 2.41. The van der Waals surface area contributed by atoms with Gasteiger partial charge in [-0.3, -0.25) is 0 Å². The maximum atomic E-state index is 2.52. The number of para-hydroxylation sites is 2. The summed E-state index contributed by atoms with van der Waals surface area (Å²) in [5, 5.41) is 0. The fourth-order valence-corrected chi connectivity index (χ4v) is 10.8. The molecule has 7 aromatic carbocycles. The Hall–Kier alpha value is -6.70. The minimum absolute atomic E-state index is 0.0606. The summed E-state index contributed by atoms with van der Waals surface area (Å²) in [6.07, 6.45) is 23.4. The molecule has 0 aliphatic heterocycles. The van der Waals surface area contributed by atoms with Gasteiger partial charge in [0, 0.05) is 22.5 Å². The molecular weight excluding hydrogens is 723 g/mol. The van der Waals surface area contributed by atoms with E-state index in [-0.39, 0.29) is 5.41 Å². The Bertz CT molecular complexity index is 2790. The normalized spacial score (nSPS) is 16.0. The Morgan fingerprint density at radius 3 is 1.78 bits per heavy atom. The van der Waals surface area contributed by atoms with Crippen LogP contribution < -0.4 is 4.90 Å². The Kier molecular flexibility index (Phi) is 9.39. The number of nitrogens with zero attached hydrogens (tertiary/aromatic N) is 1. The van der Waals surface area contributed by atoms with Crippen LogP contribution >= 0.6 is 0 Å². The van der Waals surface area contributed by atoms with Crippen molar-refractivity contribution in [3.05, 3.63) is 227 Å². The molecule has 0 heterocycles. The van der Waals surface area contributed by atoms with Gasteiger partial charge < -0.3 is 4.90 Å². The first kappa shape index (κ1) is 36.4. The predicted molar refractivity (Wildman–Crippen MR) is 255 cm³/mol. The van der Waals surface area contributed by atoms with E-state index in [0.29, 0.717) is 0 Å². The van der Waals surface area contributed by atoms with Gasteiger partial charge >= 0.3 is 0 Å². The monoisotopic (exact) mass is 771 g/mol. The molecule has 0 radical (unpaired) electrons. The zero-order valence-electron chi connectivity index (χ0n) is 34.2. The molecule has 7 aromatic rings. The van der Waals surface area contributed by atoms with Crippen LogP contribution in [0.2, 0.25) is 0 Å². The van der Waals surface area contributed by atoms with Crippen molar-refractivity contribution in [2.45, 2.75) is 56.8 Å². The summed E-state index contributed by atoms with van der Waals surface area (Å²) in [5.41, 5.74) is 23.2. The third kappa shape index (κ3) is 6.41. The molecule has 60 heavy (non-hydrogen) atoms. The summed E-state index contributed by atoms with van der Waals surface area (Å²) in [6.45, 7) is 0. The molecule has 0 unspecified atom stereocenters. The molecule has 290 valence electrons. The Labute approximate surface area is 355 Å². The average Bonchev–Trinajstić information content (AvgIpc) is 3.92. The van der Waals surface area contributed by atoms with Crippen molar-refractivity contribution in [2.75, 3.05) is 4.90 Å². The zero-order valence-corrected chi connectivity index (χ0v) is 34.2. The summed E-state index contributed by atoms with van der Waals surface area (Å²) in [6, 6.07) is 60.6. The van der Waals surface area contributed by atoms with Crippen LogP contribution in [-0.4, -0.2) is 0 Å². The molecule has 0 N–H and O–H groups in total. The lowest BCUT2D eigenvalue weighted by molar-refractivity contribution is 0.550. The largest absolute Gasteiger partial charge is 0.310 e. The molecule has 0 saturated heterocycles. The number of fused-ring (bicyclic) bond motifs is 6. The summed E-state index contributed by atoms with van der Waals surface area (Å²) in [5.74, 6) is 0. The second-order valence-corrected chi connectivity index (χ2v) is 17.0. The third-order valence-corrected chi connectivity index (χ3v) is 13.6. The lowest BCUT2D eigenvalue weighted by Crippen LogP contribution is -2.21. The van der Waals surface area contributed by atoms with Crippen LogP contribution in [0.25, 0.3) is 51.1 Å². The van der Waals surface area contributed by atoms with E-state index in [1.807, 2.05) is 0 Å². The first-order chi connectivity index (χ1) is 29.7. The summed E-state index contributed by atoms with van der Waals surface area (Å²) >= 11 is 0. The lowest BCUT2D eigenvalue weighted by atomic mass is 9.76. The van der Waals surface area contributed by atoms with Crippen LogP contribution in [-0.2, 0) is 11.8 Å². The van der Waals surface area contributed by atoms with Gasteiger partial charge in [0.25, 0.3) is 0 Å². The zero-order chi connectivity index (χ0) is 39.9. The molecule has 0 amide bonds. The first-order valence-corrected chi connectivity index (χ1v) is 22.0. The van der Waals surface area contributed by atoms with Gasteiger partial charge in [-0.15, -0.1) is 0 Å². The minimum atomic E-state index is 0.0606. The third-order valence-electron chi connectivity index (χ3n) is 13.6. The van der Waals surface area contributed by atoms with E-state index < -0.39 is 0 Å². The molecule has 0 bridgehead atoms. The number of hydrogen-bond acceptors (Lipinski definition) is 1. The Morgan fingerprint density at radius 1 is 0.483 bits per heavy atom. The van der Waals surface area contributed by atoms with Crippen molar-refractivity contribution in [3.8, 4) is 33.4 Å². The van der Waals surface area contributed by atoms with E-state index in [1.54, 1.807) is 0 Å². The van der Waals surface area contributed by atoms with E-state index in [4.69, 9.17) is 0 Å². The van der Waals surface area contributed by atoms with E-state index in [9.17, 15) is 0 Å².